The van der Waals surface area contributed by atoms with Crippen molar-refractivity contribution in [3.8, 4) is 0 Å². The average Bonchev–Trinajstić information content (AvgIpc) is 2.67. The molecular weight excluding hydrogens is 182 g/mol. The Labute approximate surface area is 84.6 Å². The molecule has 0 aliphatic carbocycles. The number of aliphatic hydroxyl groups excluding tert-OH is 1. The van der Waals surface area contributed by atoms with E-state index in [1.807, 2.05) is 0 Å². The molecule has 4 heteroatoms. The first-order valence-electron chi connectivity index (χ1n) is 5.50. The van der Waals surface area contributed by atoms with Crippen molar-refractivity contribution in [2.45, 2.75) is 44.1 Å². The van der Waals surface area contributed by atoms with E-state index in [9.17, 15) is 0 Å². The van der Waals surface area contributed by atoms with Crippen LogP contribution < -0.4 is 5.32 Å². The minimum absolute atomic E-state index is 0.0641. The Hall–Kier alpha value is -0.160. The van der Waals surface area contributed by atoms with Gasteiger partial charge in [0.15, 0.2) is 6.29 Å². The molecule has 0 spiro atoms. The predicted octanol–water partition coefficient (Wildman–Crippen LogP) is 0.252. The number of rotatable bonds is 3. The van der Waals surface area contributed by atoms with Gasteiger partial charge in [0.25, 0.3) is 0 Å². The standard InChI is InChI=1S/C10H19NO3/c12-6-9-7-13-10(14-9)5-8-3-1-2-4-11-8/h8-12H,1-7H2. The monoisotopic (exact) mass is 201 g/mol. The van der Waals surface area contributed by atoms with Gasteiger partial charge in [-0.3, -0.25) is 0 Å². The van der Waals surface area contributed by atoms with E-state index >= 15 is 0 Å². The van der Waals surface area contributed by atoms with Gasteiger partial charge in [-0.05, 0) is 19.4 Å². The van der Waals surface area contributed by atoms with E-state index in [-0.39, 0.29) is 19.0 Å². The van der Waals surface area contributed by atoms with Gasteiger partial charge in [0.1, 0.15) is 6.10 Å². The summed E-state index contributed by atoms with van der Waals surface area (Å²) < 4.78 is 10.9. The van der Waals surface area contributed by atoms with Gasteiger partial charge >= 0.3 is 0 Å². The lowest BCUT2D eigenvalue weighted by Gasteiger charge is -2.25. The second-order valence-electron chi connectivity index (χ2n) is 4.09. The summed E-state index contributed by atoms with van der Waals surface area (Å²) in [5.41, 5.74) is 0. The second-order valence-corrected chi connectivity index (χ2v) is 4.09. The fourth-order valence-corrected chi connectivity index (χ4v) is 2.08. The van der Waals surface area contributed by atoms with E-state index in [0.29, 0.717) is 12.6 Å². The van der Waals surface area contributed by atoms with Crippen molar-refractivity contribution in [2.24, 2.45) is 0 Å². The third kappa shape index (κ3) is 2.67. The van der Waals surface area contributed by atoms with Gasteiger partial charge in [-0.15, -0.1) is 0 Å². The fourth-order valence-electron chi connectivity index (χ4n) is 2.08. The molecule has 14 heavy (non-hydrogen) atoms. The number of hydrogen-bond acceptors (Lipinski definition) is 4. The third-order valence-corrected chi connectivity index (χ3v) is 2.91. The molecule has 0 radical (unpaired) electrons. The van der Waals surface area contributed by atoms with Gasteiger partial charge in [0.05, 0.1) is 13.2 Å². The van der Waals surface area contributed by atoms with E-state index in [1.165, 1.54) is 19.3 Å². The molecule has 2 saturated heterocycles. The molecule has 0 aromatic heterocycles. The molecule has 0 amide bonds. The highest BCUT2D eigenvalue weighted by Gasteiger charge is 2.28. The van der Waals surface area contributed by atoms with Crippen LogP contribution in [0.1, 0.15) is 25.7 Å². The van der Waals surface area contributed by atoms with Gasteiger partial charge in [-0.25, -0.2) is 0 Å². The van der Waals surface area contributed by atoms with Crippen molar-refractivity contribution in [2.75, 3.05) is 19.8 Å². The van der Waals surface area contributed by atoms with Crippen molar-refractivity contribution in [3.05, 3.63) is 0 Å². The summed E-state index contributed by atoms with van der Waals surface area (Å²) in [7, 11) is 0. The molecule has 0 saturated carbocycles. The Morgan fingerprint density at radius 3 is 2.93 bits per heavy atom. The number of piperidine rings is 1. The molecule has 2 aliphatic rings. The maximum Gasteiger partial charge on any atom is 0.159 e. The Morgan fingerprint density at radius 1 is 1.36 bits per heavy atom. The molecule has 2 heterocycles. The Morgan fingerprint density at radius 2 is 2.29 bits per heavy atom. The van der Waals surface area contributed by atoms with E-state index in [0.717, 1.165) is 13.0 Å². The van der Waals surface area contributed by atoms with E-state index in [2.05, 4.69) is 5.32 Å². The van der Waals surface area contributed by atoms with Gasteiger partial charge < -0.3 is 19.9 Å². The largest absolute Gasteiger partial charge is 0.394 e. The van der Waals surface area contributed by atoms with Crippen LogP contribution >= 0.6 is 0 Å². The Kier molecular flexibility index (Phi) is 3.75. The van der Waals surface area contributed by atoms with Crippen molar-refractivity contribution in [3.63, 3.8) is 0 Å². The predicted molar refractivity (Wildman–Crippen MR) is 52.0 cm³/mol. The highest BCUT2D eigenvalue weighted by Crippen LogP contribution is 2.19. The lowest BCUT2D eigenvalue weighted by atomic mass is 10.0. The van der Waals surface area contributed by atoms with E-state index in [4.69, 9.17) is 14.6 Å². The molecule has 0 aromatic carbocycles. The lowest BCUT2D eigenvalue weighted by Crippen LogP contribution is -2.37. The zero-order chi connectivity index (χ0) is 9.80. The van der Waals surface area contributed by atoms with Gasteiger partial charge in [-0.2, -0.15) is 0 Å². The SMILES string of the molecule is OCC1COC(CC2CCCCN2)O1. The summed E-state index contributed by atoms with van der Waals surface area (Å²) in [6.07, 6.45) is 4.49. The molecule has 2 fully saturated rings. The summed E-state index contributed by atoms with van der Waals surface area (Å²) in [6.45, 7) is 1.71. The van der Waals surface area contributed by atoms with Gasteiger partial charge in [0, 0.05) is 12.5 Å². The fraction of sp³-hybridized carbons (Fsp3) is 1.00. The molecule has 0 aromatic rings. The van der Waals surface area contributed by atoms with Crippen LogP contribution in [0.3, 0.4) is 0 Å². The molecule has 3 atom stereocenters. The molecular formula is C10H19NO3. The molecule has 2 aliphatic heterocycles. The van der Waals surface area contributed by atoms with Gasteiger partial charge in [0.2, 0.25) is 0 Å². The van der Waals surface area contributed by atoms with Crippen molar-refractivity contribution in [1.29, 1.82) is 0 Å². The lowest BCUT2D eigenvalue weighted by molar-refractivity contribution is -0.0752. The molecule has 2 rings (SSSR count). The van der Waals surface area contributed by atoms with E-state index < -0.39 is 0 Å². The van der Waals surface area contributed by atoms with Crippen molar-refractivity contribution in [1.82, 2.24) is 5.32 Å². The molecule has 2 N–H and O–H groups in total. The summed E-state index contributed by atoms with van der Waals surface area (Å²) >= 11 is 0. The third-order valence-electron chi connectivity index (χ3n) is 2.91. The van der Waals surface area contributed by atoms with Crippen LogP contribution in [-0.4, -0.2) is 43.3 Å². The summed E-state index contributed by atoms with van der Waals surface area (Å²) in [4.78, 5) is 0. The summed E-state index contributed by atoms with van der Waals surface area (Å²) in [6, 6.07) is 0.534. The van der Waals surface area contributed by atoms with Crippen LogP contribution in [0.2, 0.25) is 0 Å². The quantitative estimate of drug-likeness (QED) is 0.687. The Balaban J connectivity index is 1.69. The molecule has 4 nitrogen and oxygen atoms in total. The van der Waals surface area contributed by atoms with Crippen LogP contribution in [0, 0.1) is 0 Å². The highest BCUT2D eigenvalue weighted by atomic mass is 16.7. The first kappa shape index (κ1) is 10.4. The number of aliphatic hydroxyl groups is 1. The number of ether oxygens (including phenoxy) is 2. The van der Waals surface area contributed by atoms with Crippen LogP contribution in [0.4, 0.5) is 0 Å². The first-order valence-corrected chi connectivity index (χ1v) is 5.50. The minimum Gasteiger partial charge on any atom is -0.394 e. The molecule has 82 valence electrons. The smallest absolute Gasteiger partial charge is 0.159 e. The first-order chi connectivity index (χ1) is 6.88. The van der Waals surface area contributed by atoms with Crippen LogP contribution in [0.5, 0.6) is 0 Å². The highest BCUT2D eigenvalue weighted by molar-refractivity contribution is 4.75. The number of hydrogen-bond donors (Lipinski definition) is 2. The normalized spacial score (nSPS) is 38.8. The zero-order valence-electron chi connectivity index (χ0n) is 8.45. The van der Waals surface area contributed by atoms with Crippen LogP contribution in [-0.2, 0) is 9.47 Å². The molecule has 3 unspecified atom stereocenters. The van der Waals surface area contributed by atoms with Crippen molar-refractivity contribution >= 4 is 0 Å². The maximum absolute atomic E-state index is 8.87. The summed E-state index contributed by atoms with van der Waals surface area (Å²) in [5, 5.41) is 12.3. The second kappa shape index (κ2) is 5.07. The van der Waals surface area contributed by atoms with Gasteiger partial charge in [-0.1, -0.05) is 6.42 Å². The topological polar surface area (TPSA) is 50.7 Å². The number of nitrogens with one attached hydrogen (secondary N) is 1. The minimum atomic E-state index is -0.109. The van der Waals surface area contributed by atoms with Crippen LogP contribution in [0.15, 0.2) is 0 Å². The molecule has 0 bridgehead atoms. The van der Waals surface area contributed by atoms with Crippen molar-refractivity contribution < 1.29 is 14.6 Å². The van der Waals surface area contributed by atoms with Crippen LogP contribution in [0.25, 0.3) is 0 Å². The zero-order valence-corrected chi connectivity index (χ0v) is 8.45. The average molecular weight is 201 g/mol. The van der Waals surface area contributed by atoms with E-state index in [1.54, 1.807) is 0 Å². The Bertz CT molecular complexity index is 171. The summed E-state index contributed by atoms with van der Waals surface area (Å²) in [5.74, 6) is 0. The maximum atomic E-state index is 8.87.